The van der Waals surface area contributed by atoms with Gasteiger partial charge >= 0.3 is 0 Å². The third kappa shape index (κ3) is 5.93. The lowest BCUT2D eigenvalue weighted by molar-refractivity contribution is -0.120. The fourth-order valence-corrected chi connectivity index (χ4v) is 4.75. The molecule has 0 atom stereocenters. The van der Waals surface area contributed by atoms with Gasteiger partial charge in [-0.25, -0.2) is 0 Å². The van der Waals surface area contributed by atoms with Gasteiger partial charge in [0.2, 0.25) is 5.91 Å². The Morgan fingerprint density at radius 1 is 0.771 bits per heavy atom. The summed E-state index contributed by atoms with van der Waals surface area (Å²) < 4.78 is 10.5. The van der Waals surface area contributed by atoms with Crippen molar-refractivity contribution in [1.82, 2.24) is 9.80 Å². The molecular weight excluding hydrogens is 446 g/mol. The Hall–Kier alpha value is -3.55. The first kappa shape index (κ1) is 24.6. The van der Waals surface area contributed by atoms with Gasteiger partial charge in [0.1, 0.15) is 11.5 Å². The molecule has 35 heavy (non-hydrogen) atoms. The van der Waals surface area contributed by atoms with E-state index in [2.05, 4.69) is 5.32 Å². The molecule has 1 aliphatic heterocycles. The molecule has 2 aliphatic rings. The fraction of sp³-hybridized carbons (Fsp3) is 0.444. The van der Waals surface area contributed by atoms with Crippen LogP contribution in [0, 0.1) is 5.92 Å². The van der Waals surface area contributed by atoms with Gasteiger partial charge in [0.15, 0.2) is 0 Å². The summed E-state index contributed by atoms with van der Waals surface area (Å²) in [5, 5.41) is 2.99. The molecule has 0 unspecified atom stereocenters. The van der Waals surface area contributed by atoms with Crippen LogP contribution < -0.4 is 14.8 Å². The van der Waals surface area contributed by atoms with Crippen molar-refractivity contribution in [2.45, 2.75) is 32.1 Å². The van der Waals surface area contributed by atoms with Crippen LogP contribution in [-0.2, 0) is 4.79 Å². The number of methoxy groups -OCH3 is 2. The van der Waals surface area contributed by atoms with Crippen molar-refractivity contribution < 1.29 is 23.9 Å². The first-order valence-electron chi connectivity index (χ1n) is 12.2. The van der Waals surface area contributed by atoms with Crippen LogP contribution in [-0.4, -0.2) is 67.9 Å². The van der Waals surface area contributed by atoms with Crippen molar-refractivity contribution in [2.24, 2.45) is 5.92 Å². The Balaban J connectivity index is 1.35. The summed E-state index contributed by atoms with van der Waals surface area (Å²) >= 11 is 0. The minimum absolute atomic E-state index is 0.0376. The zero-order valence-corrected chi connectivity index (χ0v) is 20.4. The number of hydrogen-bond acceptors (Lipinski definition) is 5. The summed E-state index contributed by atoms with van der Waals surface area (Å²) in [6.07, 6.45) is 5.24. The zero-order chi connectivity index (χ0) is 24.8. The normalized spacial score (nSPS) is 16.5. The van der Waals surface area contributed by atoms with Crippen LogP contribution in [0.4, 0.5) is 5.69 Å². The number of carbonyl (C=O) groups excluding carboxylic acids is 3. The molecule has 0 radical (unpaired) electrons. The van der Waals surface area contributed by atoms with E-state index in [0.717, 1.165) is 25.7 Å². The second kappa shape index (κ2) is 11.3. The van der Waals surface area contributed by atoms with E-state index in [4.69, 9.17) is 9.47 Å². The van der Waals surface area contributed by atoms with Crippen LogP contribution in [0.2, 0.25) is 0 Å². The fourth-order valence-electron chi connectivity index (χ4n) is 4.75. The highest BCUT2D eigenvalue weighted by atomic mass is 16.5. The van der Waals surface area contributed by atoms with E-state index in [1.807, 2.05) is 6.07 Å². The minimum Gasteiger partial charge on any atom is -0.497 e. The summed E-state index contributed by atoms with van der Waals surface area (Å²) in [5.74, 6) is 0.971. The first-order chi connectivity index (χ1) is 17.0. The predicted molar refractivity (Wildman–Crippen MR) is 133 cm³/mol. The molecule has 0 bridgehead atoms. The molecule has 2 aromatic rings. The highest BCUT2D eigenvalue weighted by molar-refractivity contribution is 5.98. The Kier molecular flexibility index (Phi) is 7.90. The Morgan fingerprint density at radius 2 is 1.34 bits per heavy atom. The lowest BCUT2D eigenvalue weighted by Gasteiger charge is -2.35. The summed E-state index contributed by atoms with van der Waals surface area (Å²) in [4.78, 5) is 42.2. The topological polar surface area (TPSA) is 88.2 Å². The maximum atomic E-state index is 13.1. The van der Waals surface area contributed by atoms with Crippen molar-refractivity contribution in [3.8, 4) is 11.5 Å². The molecule has 0 aromatic heterocycles. The molecular formula is C27H33N3O5. The van der Waals surface area contributed by atoms with E-state index < -0.39 is 0 Å². The summed E-state index contributed by atoms with van der Waals surface area (Å²) in [7, 11) is 3.09. The number of rotatable bonds is 6. The third-order valence-corrected chi connectivity index (χ3v) is 6.81. The predicted octanol–water partition coefficient (Wildman–Crippen LogP) is 3.82. The molecule has 2 fully saturated rings. The maximum Gasteiger partial charge on any atom is 0.254 e. The number of amides is 3. The molecule has 2 aromatic carbocycles. The van der Waals surface area contributed by atoms with E-state index in [1.54, 1.807) is 60.4 Å². The molecule has 8 nitrogen and oxygen atoms in total. The van der Waals surface area contributed by atoms with E-state index in [9.17, 15) is 14.4 Å². The molecule has 8 heteroatoms. The molecule has 4 rings (SSSR count). The van der Waals surface area contributed by atoms with Crippen LogP contribution in [0.1, 0.15) is 52.8 Å². The number of nitrogens with one attached hydrogen (secondary N) is 1. The number of carbonyl (C=O) groups is 3. The van der Waals surface area contributed by atoms with E-state index in [1.165, 1.54) is 6.42 Å². The molecule has 186 valence electrons. The molecule has 1 saturated heterocycles. The first-order valence-corrected chi connectivity index (χ1v) is 12.2. The van der Waals surface area contributed by atoms with Gasteiger partial charge in [-0.3, -0.25) is 14.4 Å². The van der Waals surface area contributed by atoms with Crippen molar-refractivity contribution in [2.75, 3.05) is 45.7 Å². The van der Waals surface area contributed by atoms with E-state index in [0.29, 0.717) is 54.5 Å². The molecule has 3 amide bonds. The summed E-state index contributed by atoms with van der Waals surface area (Å²) in [6.45, 7) is 1.74. The Morgan fingerprint density at radius 3 is 1.91 bits per heavy atom. The van der Waals surface area contributed by atoms with Crippen molar-refractivity contribution in [3.63, 3.8) is 0 Å². The lowest BCUT2D eigenvalue weighted by Crippen LogP contribution is -2.50. The van der Waals surface area contributed by atoms with Gasteiger partial charge in [-0.2, -0.15) is 0 Å². The van der Waals surface area contributed by atoms with Gasteiger partial charge in [0, 0.05) is 55.0 Å². The number of hydrogen-bond donors (Lipinski definition) is 1. The van der Waals surface area contributed by atoms with E-state index in [-0.39, 0.29) is 23.6 Å². The number of nitrogens with zero attached hydrogens (tertiary/aromatic N) is 2. The summed E-state index contributed by atoms with van der Waals surface area (Å²) in [5.41, 5.74) is 1.67. The monoisotopic (exact) mass is 479 g/mol. The molecule has 1 heterocycles. The van der Waals surface area contributed by atoms with Crippen LogP contribution in [0.3, 0.4) is 0 Å². The molecule has 1 aliphatic carbocycles. The Bertz CT molecular complexity index is 1050. The lowest BCUT2D eigenvalue weighted by atomic mass is 9.88. The molecule has 1 saturated carbocycles. The average Bonchev–Trinajstić information content (AvgIpc) is 2.92. The van der Waals surface area contributed by atoms with Gasteiger partial charge in [0.05, 0.1) is 14.2 Å². The van der Waals surface area contributed by atoms with E-state index >= 15 is 0 Å². The van der Waals surface area contributed by atoms with Gasteiger partial charge in [0.25, 0.3) is 11.8 Å². The van der Waals surface area contributed by atoms with Gasteiger partial charge in [-0.05, 0) is 43.2 Å². The number of ether oxygens (including phenoxy) is 2. The third-order valence-electron chi connectivity index (χ3n) is 6.81. The van der Waals surface area contributed by atoms with Crippen LogP contribution in [0.25, 0.3) is 0 Å². The van der Waals surface area contributed by atoms with Gasteiger partial charge < -0.3 is 24.6 Å². The number of piperazine rings is 1. The number of anilines is 1. The molecule has 0 spiro atoms. The Labute approximate surface area is 206 Å². The van der Waals surface area contributed by atoms with Crippen molar-refractivity contribution in [1.29, 1.82) is 0 Å². The van der Waals surface area contributed by atoms with Crippen molar-refractivity contribution >= 4 is 23.4 Å². The highest BCUT2D eigenvalue weighted by Crippen LogP contribution is 2.26. The highest BCUT2D eigenvalue weighted by Gasteiger charge is 2.27. The maximum absolute atomic E-state index is 13.1. The van der Waals surface area contributed by atoms with Crippen LogP contribution in [0.15, 0.2) is 42.5 Å². The SMILES string of the molecule is COc1cc(OC)cc(C(=O)N2CCN(C(=O)c3cccc(NC(=O)C4CCCCC4)c3)CC2)c1. The van der Waals surface area contributed by atoms with Gasteiger partial charge in [-0.15, -0.1) is 0 Å². The standard InChI is InChI=1S/C27H33N3O5/c1-34-23-16-21(17-24(18-23)35-2)27(33)30-13-11-29(12-14-30)26(32)20-9-6-10-22(15-20)28-25(31)19-7-4-3-5-8-19/h6,9-10,15-19H,3-5,7-8,11-14H2,1-2H3,(H,28,31). The number of benzene rings is 2. The second-order valence-corrected chi connectivity index (χ2v) is 9.09. The summed E-state index contributed by atoms with van der Waals surface area (Å²) in [6, 6.07) is 12.2. The zero-order valence-electron chi connectivity index (χ0n) is 20.4. The largest absolute Gasteiger partial charge is 0.497 e. The minimum atomic E-state index is -0.123. The van der Waals surface area contributed by atoms with Crippen molar-refractivity contribution in [3.05, 3.63) is 53.6 Å². The van der Waals surface area contributed by atoms with Crippen LogP contribution >= 0.6 is 0 Å². The quantitative estimate of drug-likeness (QED) is 0.681. The van der Waals surface area contributed by atoms with Crippen LogP contribution in [0.5, 0.6) is 11.5 Å². The molecule has 1 N–H and O–H groups in total. The smallest absolute Gasteiger partial charge is 0.254 e. The second-order valence-electron chi connectivity index (χ2n) is 9.09. The average molecular weight is 480 g/mol. The van der Waals surface area contributed by atoms with Gasteiger partial charge in [-0.1, -0.05) is 25.3 Å².